The van der Waals surface area contributed by atoms with Crippen molar-refractivity contribution in [1.29, 1.82) is 0 Å². The summed E-state index contributed by atoms with van der Waals surface area (Å²) in [4.78, 5) is 38.0. The minimum atomic E-state index is -0.758. The SMILES string of the molecule is COc1cc2c(Oc3ccc(NC(=O)c4cn(-c5ccc(F)cc5)c5ncccc5c4=O)cc3F)ccnc2cc1OCCCN1CCC(C)CC1. The Hall–Kier alpha value is -5.88. The van der Waals surface area contributed by atoms with Gasteiger partial charge in [-0.2, -0.15) is 0 Å². The van der Waals surface area contributed by atoms with E-state index < -0.39 is 23.0 Å². The molecule has 266 valence electrons. The first-order chi connectivity index (χ1) is 25.3. The molecule has 3 aromatic heterocycles. The number of rotatable bonds is 11. The monoisotopic (exact) mass is 705 g/mol. The average molecular weight is 706 g/mol. The van der Waals surface area contributed by atoms with Crippen LogP contribution in [0.2, 0.25) is 0 Å². The summed E-state index contributed by atoms with van der Waals surface area (Å²) in [6, 6.07) is 17.8. The summed E-state index contributed by atoms with van der Waals surface area (Å²) in [5.41, 5.74) is 0.718. The van der Waals surface area contributed by atoms with Crippen molar-refractivity contribution >= 4 is 33.5 Å². The topological polar surface area (TPSA) is 108 Å². The predicted molar refractivity (Wildman–Crippen MR) is 195 cm³/mol. The van der Waals surface area contributed by atoms with Gasteiger partial charge in [-0.15, -0.1) is 0 Å². The molecule has 1 aliphatic heterocycles. The maximum atomic E-state index is 15.5. The Balaban J connectivity index is 1.07. The zero-order valence-electron chi connectivity index (χ0n) is 28.8. The summed E-state index contributed by atoms with van der Waals surface area (Å²) in [5, 5.41) is 3.39. The Labute approximate surface area is 298 Å². The standard InChI is InChI=1S/C40H37F2N5O5/c1-25-13-18-46(19-14-25)17-4-20-51-37-23-33-30(22-36(37)50-2)34(12-16-43-33)52-35-11-8-27(21-32(35)42)45-40(49)31-24-47(28-9-6-26(41)7-10-28)39-29(38(31)48)5-3-15-44-39/h3,5-12,15-16,21-25H,4,13-14,17-20H2,1-2H3,(H,45,49). The number of benzene rings is 3. The van der Waals surface area contributed by atoms with E-state index in [1.54, 1.807) is 43.6 Å². The van der Waals surface area contributed by atoms with Crippen LogP contribution in [0.25, 0.3) is 27.6 Å². The molecule has 0 aliphatic carbocycles. The summed E-state index contributed by atoms with van der Waals surface area (Å²) in [7, 11) is 1.55. The van der Waals surface area contributed by atoms with E-state index in [2.05, 4.69) is 27.1 Å². The molecule has 6 aromatic rings. The molecule has 1 amide bonds. The van der Waals surface area contributed by atoms with Crippen LogP contribution in [0.1, 0.15) is 36.5 Å². The van der Waals surface area contributed by atoms with Gasteiger partial charge in [0.2, 0.25) is 5.43 Å². The lowest BCUT2D eigenvalue weighted by Gasteiger charge is -2.30. The zero-order valence-corrected chi connectivity index (χ0v) is 28.8. The summed E-state index contributed by atoms with van der Waals surface area (Å²) >= 11 is 0. The number of piperidine rings is 1. The third kappa shape index (κ3) is 7.42. The third-order valence-corrected chi connectivity index (χ3v) is 9.26. The van der Waals surface area contributed by atoms with Gasteiger partial charge in [-0.25, -0.2) is 13.8 Å². The van der Waals surface area contributed by atoms with Crippen molar-refractivity contribution in [3.8, 4) is 28.7 Å². The fourth-order valence-corrected chi connectivity index (χ4v) is 6.34. The maximum Gasteiger partial charge on any atom is 0.261 e. The number of fused-ring (bicyclic) bond motifs is 2. The van der Waals surface area contributed by atoms with Gasteiger partial charge in [-0.3, -0.25) is 14.6 Å². The van der Waals surface area contributed by atoms with Crippen LogP contribution in [-0.4, -0.2) is 58.7 Å². The fourth-order valence-electron chi connectivity index (χ4n) is 6.34. The molecule has 0 unspecified atom stereocenters. The molecule has 0 radical (unpaired) electrons. The average Bonchev–Trinajstić information content (AvgIpc) is 3.15. The van der Waals surface area contributed by atoms with Gasteiger partial charge in [0.05, 0.1) is 24.6 Å². The lowest BCUT2D eigenvalue weighted by Crippen LogP contribution is -2.34. The van der Waals surface area contributed by atoms with Crippen molar-refractivity contribution < 1.29 is 27.8 Å². The quantitative estimate of drug-likeness (QED) is 0.136. The number of aromatic nitrogens is 3. The third-order valence-electron chi connectivity index (χ3n) is 9.26. The normalized spacial score (nSPS) is 13.7. The number of pyridine rings is 3. The van der Waals surface area contributed by atoms with Crippen molar-refractivity contribution in [3.05, 3.63) is 119 Å². The first-order valence-corrected chi connectivity index (χ1v) is 17.1. The summed E-state index contributed by atoms with van der Waals surface area (Å²) < 4.78 is 48.4. The number of carbonyl (C=O) groups excluding carboxylic acids is 1. The molecule has 4 heterocycles. The molecule has 3 aromatic carbocycles. The number of likely N-dealkylation sites (tertiary alicyclic amines) is 1. The Morgan fingerprint density at radius 2 is 1.71 bits per heavy atom. The maximum absolute atomic E-state index is 15.5. The number of nitrogens with zero attached hydrogens (tertiary/aromatic N) is 4. The number of halogens is 2. The molecule has 0 saturated carbocycles. The highest BCUT2D eigenvalue weighted by Crippen LogP contribution is 2.38. The zero-order chi connectivity index (χ0) is 36.2. The Bertz CT molecular complexity index is 2310. The fraction of sp³-hybridized carbons (Fsp3) is 0.250. The highest BCUT2D eigenvalue weighted by atomic mass is 19.1. The molecule has 7 rings (SSSR count). The van der Waals surface area contributed by atoms with E-state index in [1.807, 2.05) is 0 Å². The number of hydrogen-bond donors (Lipinski definition) is 1. The van der Waals surface area contributed by atoms with Crippen LogP contribution in [0, 0.1) is 17.6 Å². The lowest BCUT2D eigenvalue weighted by atomic mass is 9.99. The van der Waals surface area contributed by atoms with Gasteiger partial charge in [-0.05, 0) is 98.9 Å². The Morgan fingerprint density at radius 3 is 2.48 bits per heavy atom. The molecule has 12 heteroatoms. The molecule has 1 fully saturated rings. The second-order valence-corrected chi connectivity index (χ2v) is 12.8. The summed E-state index contributed by atoms with van der Waals surface area (Å²) in [6.07, 6.45) is 7.77. The first-order valence-electron chi connectivity index (χ1n) is 17.1. The second kappa shape index (κ2) is 15.2. The van der Waals surface area contributed by atoms with Crippen molar-refractivity contribution in [2.24, 2.45) is 5.92 Å². The van der Waals surface area contributed by atoms with E-state index in [0.717, 1.165) is 38.0 Å². The van der Waals surface area contributed by atoms with E-state index in [0.29, 0.717) is 46.1 Å². The van der Waals surface area contributed by atoms with Crippen LogP contribution in [-0.2, 0) is 0 Å². The number of carbonyl (C=O) groups is 1. The lowest BCUT2D eigenvalue weighted by molar-refractivity contribution is 0.102. The Morgan fingerprint density at radius 1 is 0.904 bits per heavy atom. The minimum Gasteiger partial charge on any atom is -0.493 e. The van der Waals surface area contributed by atoms with Crippen molar-refractivity contribution in [2.45, 2.75) is 26.2 Å². The van der Waals surface area contributed by atoms with Gasteiger partial charge in [0.1, 0.15) is 22.8 Å². The Kier molecular flexibility index (Phi) is 10.1. The smallest absolute Gasteiger partial charge is 0.261 e. The van der Waals surface area contributed by atoms with Crippen molar-refractivity contribution in [3.63, 3.8) is 0 Å². The molecule has 0 spiro atoms. The van der Waals surface area contributed by atoms with E-state index in [9.17, 15) is 14.0 Å². The van der Waals surface area contributed by atoms with Crippen LogP contribution in [0.15, 0.2) is 96.2 Å². The number of nitrogens with one attached hydrogen (secondary N) is 1. The molecular formula is C40H37F2N5O5. The first kappa shape index (κ1) is 34.6. The number of amides is 1. The second-order valence-electron chi connectivity index (χ2n) is 12.8. The van der Waals surface area contributed by atoms with E-state index in [1.165, 1.54) is 66.2 Å². The molecule has 0 atom stereocenters. The molecule has 1 N–H and O–H groups in total. The minimum absolute atomic E-state index is 0.0904. The van der Waals surface area contributed by atoms with Crippen molar-refractivity contribution in [2.75, 3.05) is 38.7 Å². The molecular weight excluding hydrogens is 668 g/mol. The van der Waals surface area contributed by atoms with Crippen LogP contribution in [0.4, 0.5) is 14.5 Å². The molecule has 0 bridgehead atoms. The number of methoxy groups -OCH3 is 1. The van der Waals surface area contributed by atoms with Crippen LogP contribution in [0.3, 0.4) is 0 Å². The van der Waals surface area contributed by atoms with Gasteiger partial charge in [0, 0.05) is 54.0 Å². The van der Waals surface area contributed by atoms with Gasteiger partial charge in [-0.1, -0.05) is 6.92 Å². The van der Waals surface area contributed by atoms with Gasteiger partial charge in [0.25, 0.3) is 5.91 Å². The highest BCUT2D eigenvalue weighted by Gasteiger charge is 2.20. The van der Waals surface area contributed by atoms with E-state index >= 15 is 4.39 Å². The van der Waals surface area contributed by atoms with E-state index in [-0.39, 0.29) is 22.4 Å². The van der Waals surface area contributed by atoms with Gasteiger partial charge < -0.3 is 29.0 Å². The van der Waals surface area contributed by atoms with Crippen LogP contribution in [0.5, 0.6) is 23.0 Å². The number of anilines is 1. The molecule has 1 aliphatic rings. The van der Waals surface area contributed by atoms with Gasteiger partial charge in [0.15, 0.2) is 23.1 Å². The highest BCUT2D eigenvalue weighted by molar-refractivity contribution is 6.05. The summed E-state index contributed by atoms with van der Waals surface area (Å²) in [6.45, 7) is 6.05. The van der Waals surface area contributed by atoms with Crippen LogP contribution >= 0.6 is 0 Å². The predicted octanol–water partition coefficient (Wildman–Crippen LogP) is 7.77. The van der Waals surface area contributed by atoms with Gasteiger partial charge >= 0.3 is 0 Å². The van der Waals surface area contributed by atoms with Crippen molar-refractivity contribution in [1.82, 2.24) is 19.4 Å². The summed E-state index contributed by atoms with van der Waals surface area (Å²) in [5.74, 6) is 0.162. The largest absolute Gasteiger partial charge is 0.493 e. The van der Waals surface area contributed by atoms with Crippen LogP contribution < -0.4 is 25.0 Å². The van der Waals surface area contributed by atoms with E-state index in [4.69, 9.17) is 14.2 Å². The molecule has 1 saturated heterocycles. The number of ether oxygens (including phenoxy) is 3. The molecule has 10 nitrogen and oxygen atoms in total. The molecule has 52 heavy (non-hydrogen) atoms. The number of hydrogen-bond acceptors (Lipinski definition) is 8.